The summed E-state index contributed by atoms with van der Waals surface area (Å²) in [6.07, 6.45) is 0.362. The molecule has 0 spiro atoms. The highest BCUT2D eigenvalue weighted by atomic mass is 33.1. The van der Waals surface area contributed by atoms with Crippen LogP contribution in [-0.2, 0) is 9.59 Å². The lowest BCUT2D eigenvalue weighted by atomic mass is 10.1. The first-order valence-corrected chi connectivity index (χ1v) is 8.26. The highest BCUT2D eigenvalue weighted by molar-refractivity contribution is 8.77. The van der Waals surface area contributed by atoms with Crippen molar-refractivity contribution in [3.05, 3.63) is 0 Å². The Bertz CT molecular complexity index is 288. The van der Waals surface area contributed by atoms with Crippen molar-refractivity contribution >= 4 is 33.5 Å². The number of carboxylic acids is 1. The Kier molecular flexibility index (Phi) is 7.78. The minimum Gasteiger partial charge on any atom is -0.480 e. The molecular formula is C12H23NO3S2. The molecule has 0 bridgehead atoms. The third-order valence-electron chi connectivity index (χ3n) is 1.77. The molecule has 106 valence electrons. The van der Waals surface area contributed by atoms with Gasteiger partial charge in [0.25, 0.3) is 0 Å². The van der Waals surface area contributed by atoms with Gasteiger partial charge in [-0.25, -0.2) is 4.79 Å². The second kappa shape index (κ2) is 7.94. The molecular weight excluding hydrogens is 270 g/mol. The molecule has 6 heteroatoms. The van der Waals surface area contributed by atoms with Gasteiger partial charge in [-0.15, -0.1) is 0 Å². The summed E-state index contributed by atoms with van der Waals surface area (Å²) in [5.41, 5.74) is 0. The zero-order chi connectivity index (χ0) is 14.3. The largest absolute Gasteiger partial charge is 0.480 e. The van der Waals surface area contributed by atoms with E-state index < -0.39 is 12.0 Å². The SMILES string of the molecule is CC(C)CC(=O)NC(CSSC(C)(C)C)C(=O)O. The molecule has 4 nitrogen and oxygen atoms in total. The monoisotopic (exact) mass is 293 g/mol. The Morgan fingerprint density at radius 2 is 1.83 bits per heavy atom. The van der Waals surface area contributed by atoms with Gasteiger partial charge in [0.2, 0.25) is 5.91 Å². The van der Waals surface area contributed by atoms with Crippen LogP contribution in [0.2, 0.25) is 0 Å². The Balaban J connectivity index is 4.16. The maximum atomic E-state index is 11.5. The second-order valence-electron chi connectivity index (χ2n) is 5.54. The Morgan fingerprint density at radius 3 is 2.22 bits per heavy atom. The maximum absolute atomic E-state index is 11.5. The lowest BCUT2D eigenvalue weighted by Crippen LogP contribution is -2.42. The standard InChI is InChI=1S/C12H23NO3S2/c1-8(2)6-10(14)13-9(11(15)16)7-17-18-12(3,4)5/h8-9H,6-7H2,1-5H3,(H,13,14)(H,15,16). The minimum atomic E-state index is -0.978. The van der Waals surface area contributed by atoms with E-state index in [0.717, 1.165) is 0 Å². The van der Waals surface area contributed by atoms with Crippen molar-refractivity contribution in [2.24, 2.45) is 5.92 Å². The van der Waals surface area contributed by atoms with Crippen LogP contribution in [0.5, 0.6) is 0 Å². The quantitative estimate of drug-likeness (QED) is 0.707. The molecule has 1 unspecified atom stereocenters. The molecule has 0 rings (SSSR count). The van der Waals surface area contributed by atoms with Gasteiger partial charge in [-0.1, -0.05) is 56.2 Å². The fraction of sp³-hybridized carbons (Fsp3) is 0.833. The number of hydrogen-bond acceptors (Lipinski definition) is 4. The van der Waals surface area contributed by atoms with Gasteiger partial charge < -0.3 is 10.4 Å². The van der Waals surface area contributed by atoms with E-state index in [0.29, 0.717) is 12.2 Å². The molecule has 1 amide bonds. The Labute approximate surface area is 117 Å². The summed E-state index contributed by atoms with van der Waals surface area (Å²) < 4.78 is 0.0790. The maximum Gasteiger partial charge on any atom is 0.327 e. The first-order chi connectivity index (χ1) is 8.11. The van der Waals surface area contributed by atoms with E-state index in [9.17, 15) is 9.59 Å². The van der Waals surface area contributed by atoms with Gasteiger partial charge in [-0.2, -0.15) is 0 Å². The molecule has 0 heterocycles. The lowest BCUT2D eigenvalue weighted by Gasteiger charge is -2.19. The Hall–Kier alpha value is -0.360. The fourth-order valence-electron chi connectivity index (χ4n) is 1.08. The van der Waals surface area contributed by atoms with E-state index in [1.54, 1.807) is 10.8 Å². The van der Waals surface area contributed by atoms with Gasteiger partial charge in [0.05, 0.1) is 0 Å². The van der Waals surface area contributed by atoms with Crippen LogP contribution in [0.3, 0.4) is 0 Å². The van der Waals surface area contributed by atoms with E-state index in [1.165, 1.54) is 10.8 Å². The minimum absolute atomic E-state index is 0.0790. The normalized spacial score (nSPS) is 13.4. The summed E-state index contributed by atoms with van der Waals surface area (Å²) >= 11 is 0. The van der Waals surface area contributed by atoms with Gasteiger partial charge in [0, 0.05) is 16.9 Å². The lowest BCUT2D eigenvalue weighted by molar-refractivity contribution is -0.141. The summed E-state index contributed by atoms with van der Waals surface area (Å²) in [5, 5.41) is 11.6. The number of carbonyl (C=O) groups is 2. The number of nitrogens with one attached hydrogen (secondary N) is 1. The second-order valence-corrected chi connectivity index (χ2v) is 8.70. The molecule has 0 aliphatic rings. The molecule has 0 radical (unpaired) electrons. The van der Waals surface area contributed by atoms with Crippen LogP contribution in [0.4, 0.5) is 0 Å². The first-order valence-electron chi connectivity index (χ1n) is 5.94. The van der Waals surface area contributed by atoms with Crippen molar-refractivity contribution < 1.29 is 14.7 Å². The smallest absolute Gasteiger partial charge is 0.327 e. The molecule has 0 saturated heterocycles. The third-order valence-corrected chi connectivity index (χ3v) is 5.12. The summed E-state index contributed by atoms with van der Waals surface area (Å²) in [6.45, 7) is 10.1. The van der Waals surface area contributed by atoms with Crippen LogP contribution in [-0.4, -0.2) is 33.5 Å². The van der Waals surface area contributed by atoms with E-state index in [1.807, 2.05) is 13.8 Å². The fourth-order valence-corrected chi connectivity index (χ4v) is 3.53. The highest BCUT2D eigenvalue weighted by Gasteiger charge is 2.21. The number of hydrogen-bond donors (Lipinski definition) is 2. The molecule has 0 aromatic rings. The Morgan fingerprint density at radius 1 is 1.28 bits per heavy atom. The summed E-state index contributed by atoms with van der Waals surface area (Å²) in [4.78, 5) is 22.6. The van der Waals surface area contributed by atoms with Crippen molar-refractivity contribution in [3.8, 4) is 0 Å². The van der Waals surface area contributed by atoms with E-state index >= 15 is 0 Å². The molecule has 0 aromatic heterocycles. The number of rotatable bonds is 7. The number of carbonyl (C=O) groups excluding carboxylic acids is 1. The zero-order valence-corrected chi connectivity index (χ0v) is 13.3. The molecule has 2 N–H and O–H groups in total. The molecule has 0 fully saturated rings. The van der Waals surface area contributed by atoms with Crippen LogP contribution < -0.4 is 5.32 Å². The zero-order valence-electron chi connectivity index (χ0n) is 11.6. The van der Waals surface area contributed by atoms with Gasteiger partial charge >= 0.3 is 5.97 Å². The highest BCUT2D eigenvalue weighted by Crippen LogP contribution is 2.35. The average molecular weight is 293 g/mol. The number of amides is 1. The van der Waals surface area contributed by atoms with Gasteiger partial charge in [0.1, 0.15) is 6.04 Å². The number of aliphatic carboxylic acids is 1. The van der Waals surface area contributed by atoms with E-state index in [-0.39, 0.29) is 16.6 Å². The van der Waals surface area contributed by atoms with Crippen LogP contribution in [0.1, 0.15) is 41.0 Å². The van der Waals surface area contributed by atoms with Crippen LogP contribution in [0, 0.1) is 5.92 Å². The topological polar surface area (TPSA) is 66.4 Å². The van der Waals surface area contributed by atoms with E-state index in [2.05, 4.69) is 26.1 Å². The molecule has 18 heavy (non-hydrogen) atoms. The summed E-state index contributed by atoms with van der Waals surface area (Å²) in [5.74, 6) is -0.565. The van der Waals surface area contributed by atoms with Crippen LogP contribution in [0.15, 0.2) is 0 Å². The molecule has 0 aliphatic heterocycles. The van der Waals surface area contributed by atoms with Gasteiger partial charge in [-0.05, 0) is 5.92 Å². The van der Waals surface area contributed by atoms with Crippen molar-refractivity contribution in [3.63, 3.8) is 0 Å². The van der Waals surface area contributed by atoms with Crippen LogP contribution in [0.25, 0.3) is 0 Å². The predicted molar refractivity (Wildman–Crippen MR) is 78.8 cm³/mol. The van der Waals surface area contributed by atoms with Crippen molar-refractivity contribution in [1.82, 2.24) is 5.32 Å². The molecule has 0 saturated carbocycles. The van der Waals surface area contributed by atoms with E-state index in [4.69, 9.17) is 5.11 Å². The molecule has 1 atom stereocenters. The molecule has 0 aromatic carbocycles. The predicted octanol–water partition coefficient (Wildman–Crippen LogP) is 2.78. The number of carboxylic acid groups (broad SMARTS) is 1. The van der Waals surface area contributed by atoms with Crippen molar-refractivity contribution in [1.29, 1.82) is 0 Å². The average Bonchev–Trinajstić information content (AvgIpc) is 2.12. The van der Waals surface area contributed by atoms with Crippen LogP contribution >= 0.6 is 21.6 Å². The van der Waals surface area contributed by atoms with Crippen molar-refractivity contribution in [2.75, 3.05) is 5.75 Å². The summed E-state index contributed by atoms with van der Waals surface area (Å²) in [7, 11) is 3.10. The first kappa shape index (κ1) is 17.6. The van der Waals surface area contributed by atoms with Crippen molar-refractivity contribution in [2.45, 2.75) is 51.8 Å². The third kappa shape index (κ3) is 9.65. The van der Waals surface area contributed by atoms with Gasteiger partial charge in [-0.3, -0.25) is 4.79 Å². The molecule has 0 aliphatic carbocycles. The summed E-state index contributed by atoms with van der Waals surface area (Å²) in [6, 6.07) is -0.809. The van der Waals surface area contributed by atoms with Gasteiger partial charge in [0.15, 0.2) is 0 Å².